The fourth-order valence-corrected chi connectivity index (χ4v) is 4.58. The van der Waals surface area contributed by atoms with Crippen molar-refractivity contribution in [1.82, 2.24) is 19.5 Å². The molecule has 0 aromatic carbocycles. The quantitative estimate of drug-likeness (QED) is 0.757. The van der Waals surface area contributed by atoms with Gasteiger partial charge in [-0.25, -0.2) is 15.0 Å². The van der Waals surface area contributed by atoms with Crippen LogP contribution in [0.1, 0.15) is 36.0 Å². The normalized spacial score (nSPS) is 18.2. The first-order valence-corrected chi connectivity index (χ1v) is 9.84. The summed E-state index contributed by atoms with van der Waals surface area (Å²) < 4.78 is 2.21. The lowest BCUT2D eigenvalue weighted by molar-refractivity contribution is 0.277. The Hall–Kier alpha value is -1.77. The number of hydrogen-bond donors (Lipinski definition) is 1. The summed E-state index contributed by atoms with van der Waals surface area (Å²) in [5.41, 5.74) is 3.71. The van der Waals surface area contributed by atoms with Crippen LogP contribution in [0.15, 0.2) is 28.7 Å². The van der Waals surface area contributed by atoms with Crippen LogP contribution in [0.25, 0.3) is 0 Å². The van der Waals surface area contributed by atoms with Gasteiger partial charge in [-0.3, -0.25) is 0 Å². The van der Waals surface area contributed by atoms with Gasteiger partial charge in [0.05, 0.1) is 30.1 Å². The predicted octanol–water partition coefficient (Wildman–Crippen LogP) is 2.72. The van der Waals surface area contributed by atoms with Gasteiger partial charge in [-0.2, -0.15) is 0 Å². The van der Waals surface area contributed by atoms with Gasteiger partial charge in [0.1, 0.15) is 5.82 Å². The lowest BCUT2D eigenvalue weighted by Gasteiger charge is -2.32. The highest BCUT2D eigenvalue weighted by atomic mass is 32.1. The zero-order chi connectivity index (χ0) is 16.4. The Morgan fingerprint density at radius 3 is 3.00 bits per heavy atom. The Kier molecular flexibility index (Phi) is 4.59. The second-order valence-corrected chi connectivity index (χ2v) is 7.51. The van der Waals surface area contributed by atoms with Crippen molar-refractivity contribution in [1.29, 1.82) is 0 Å². The molecule has 1 aliphatic rings. The number of aliphatic hydroxyl groups excluding tert-OH is 1. The molecule has 0 aliphatic carbocycles. The van der Waals surface area contributed by atoms with Gasteiger partial charge in [0.25, 0.3) is 0 Å². The minimum absolute atomic E-state index is 0.00577. The molecule has 0 saturated carbocycles. The molecule has 0 spiro atoms. The number of thiazole rings is 2. The van der Waals surface area contributed by atoms with E-state index in [-0.39, 0.29) is 6.61 Å². The smallest absolute Gasteiger partial charge is 0.185 e. The van der Waals surface area contributed by atoms with E-state index in [1.54, 1.807) is 22.7 Å². The molecule has 0 bridgehead atoms. The van der Waals surface area contributed by atoms with Gasteiger partial charge >= 0.3 is 0 Å². The van der Waals surface area contributed by atoms with Crippen molar-refractivity contribution in [3.63, 3.8) is 0 Å². The summed E-state index contributed by atoms with van der Waals surface area (Å²) in [6.45, 7) is 2.72. The molecule has 3 aromatic rings. The first kappa shape index (κ1) is 15.7. The molecule has 0 amide bonds. The first-order valence-electron chi connectivity index (χ1n) is 8.02. The average molecular weight is 361 g/mol. The molecule has 1 saturated heterocycles. The maximum Gasteiger partial charge on any atom is 0.185 e. The number of anilines is 1. The van der Waals surface area contributed by atoms with Crippen LogP contribution in [0.2, 0.25) is 0 Å². The third-order valence-electron chi connectivity index (χ3n) is 4.32. The summed E-state index contributed by atoms with van der Waals surface area (Å²) in [5, 5.41) is 14.2. The Morgan fingerprint density at radius 2 is 2.21 bits per heavy atom. The maximum absolute atomic E-state index is 9.22. The Bertz CT molecular complexity index is 782. The summed E-state index contributed by atoms with van der Waals surface area (Å²) in [6, 6.07) is 0. The van der Waals surface area contributed by atoms with E-state index in [0.717, 1.165) is 54.8 Å². The highest BCUT2D eigenvalue weighted by Crippen LogP contribution is 2.31. The molecular weight excluding hydrogens is 342 g/mol. The third kappa shape index (κ3) is 3.22. The summed E-state index contributed by atoms with van der Waals surface area (Å²) in [4.78, 5) is 15.8. The zero-order valence-electron chi connectivity index (χ0n) is 13.2. The number of piperidine rings is 1. The standard InChI is InChI=1S/C16H19N5OS2/c22-8-14-10-24-16(19-14)21-4-1-2-12(6-21)15-17-3-5-20(15)7-13-9-23-11-18-13/h3,5,9-12,22H,1-2,4,6-8H2. The second kappa shape index (κ2) is 7.00. The van der Waals surface area contributed by atoms with Gasteiger partial charge in [-0.1, -0.05) is 0 Å². The van der Waals surface area contributed by atoms with Crippen molar-refractivity contribution in [2.75, 3.05) is 18.0 Å². The van der Waals surface area contributed by atoms with E-state index in [1.807, 2.05) is 23.3 Å². The van der Waals surface area contributed by atoms with Gasteiger partial charge < -0.3 is 14.6 Å². The molecule has 1 fully saturated rings. The number of aliphatic hydroxyl groups is 1. The molecular formula is C16H19N5OS2. The molecule has 4 rings (SSSR count). The topological polar surface area (TPSA) is 67.1 Å². The third-order valence-corrected chi connectivity index (χ3v) is 5.91. The maximum atomic E-state index is 9.22. The Labute approximate surface area is 148 Å². The van der Waals surface area contributed by atoms with E-state index in [0.29, 0.717) is 5.92 Å². The molecule has 1 aliphatic heterocycles. The lowest BCUT2D eigenvalue weighted by atomic mass is 9.97. The fraction of sp³-hybridized carbons (Fsp3) is 0.438. The zero-order valence-corrected chi connectivity index (χ0v) is 14.8. The molecule has 24 heavy (non-hydrogen) atoms. The lowest BCUT2D eigenvalue weighted by Crippen LogP contribution is -2.35. The number of imidazole rings is 1. The van der Waals surface area contributed by atoms with Gasteiger partial charge in [0, 0.05) is 42.2 Å². The predicted molar refractivity (Wildman–Crippen MR) is 95.7 cm³/mol. The van der Waals surface area contributed by atoms with Gasteiger partial charge in [-0.15, -0.1) is 22.7 Å². The summed E-state index contributed by atoms with van der Waals surface area (Å²) >= 11 is 3.23. The molecule has 6 nitrogen and oxygen atoms in total. The monoisotopic (exact) mass is 361 g/mol. The van der Waals surface area contributed by atoms with Crippen molar-refractivity contribution in [2.24, 2.45) is 0 Å². The second-order valence-electron chi connectivity index (χ2n) is 5.96. The molecule has 1 atom stereocenters. The minimum Gasteiger partial charge on any atom is -0.390 e. The summed E-state index contributed by atoms with van der Waals surface area (Å²) in [5.74, 6) is 1.53. The SMILES string of the molecule is OCc1csc(N2CCCC(c3nccn3Cc3cscn3)C2)n1. The van der Waals surface area contributed by atoms with E-state index < -0.39 is 0 Å². The average Bonchev–Trinajstić information content (AvgIpc) is 3.37. The van der Waals surface area contributed by atoms with Gasteiger partial charge in [-0.05, 0) is 12.8 Å². The highest BCUT2D eigenvalue weighted by molar-refractivity contribution is 7.13. The van der Waals surface area contributed by atoms with Crippen LogP contribution < -0.4 is 4.90 Å². The summed E-state index contributed by atoms with van der Waals surface area (Å²) in [7, 11) is 0. The van der Waals surface area contributed by atoms with E-state index in [1.165, 1.54) is 0 Å². The van der Waals surface area contributed by atoms with Crippen molar-refractivity contribution in [3.8, 4) is 0 Å². The fourth-order valence-electron chi connectivity index (χ4n) is 3.18. The van der Waals surface area contributed by atoms with Crippen LogP contribution in [-0.2, 0) is 13.2 Å². The number of hydrogen-bond acceptors (Lipinski definition) is 7. The molecule has 8 heteroatoms. The van der Waals surface area contributed by atoms with Crippen LogP contribution in [0.4, 0.5) is 5.13 Å². The van der Waals surface area contributed by atoms with Crippen molar-refractivity contribution in [2.45, 2.75) is 31.9 Å². The Balaban J connectivity index is 1.51. The van der Waals surface area contributed by atoms with E-state index in [9.17, 15) is 5.11 Å². The van der Waals surface area contributed by atoms with Crippen LogP contribution in [0, 0.1) is 0 Å². The molecule has 4 heterocycles. The van der Waals surface area contributed by atoms with Crippen molar-refractivity contribution in [3.05, 3.63) is 45.9 Å². The molecule has 1 unspecified atom stereocenters. The van der Waals surface area contributed by atoms with E-state index in [4.69, 9.17) is 0 Å². The summed E-state index contributed by atoms with van der Waals surface area (Å²) in [6.07, 6.45) is 6.19. The van der Waals surface area contributed by atoms with Crippen LogP contribution in [0.3, 0.4) is 0 Å². The van der Waals surface area contributed by atoms with Gasteiger partial charge in [0.15, 0.2) is 5.13 Å². The van der Waals surface area contributed by atoms with Crippen molar-refractivity contribution >= 4 is 27.8 Å². The highest BCUT2D eigenvalue weighted by Gasteiger charge is 2.26. The first-order chi connectivity index (χ1) is 11.8. The van der Waals surface area contributed by atoms with Crippen LogP contribution in [0.5, 0.6) is 0 Å². The molecule has 0 radical (unpaired) electrons. The number of aromatic nitrogens is 4. The Morgan fingerprint density at radius 1 is 1.25 bits per heavy atom. The molecule has 1 N–H and O–H groups in total. The van der Waals surface area contributed by atoms with E-state index >= 15 is 0 Å². The molecule has 3 aromatic heterocycles. The minimum atomic E-state index is 0.00577. The van der Waals surface area contributed by atoms with Crippen LogP contribution in [-0.4, -0.2) is 37.7 Å². The number of nitrogens with zero attached hydrogens (tertiary/aromatic N) is 5. The molecule has 126 valence electrons. The largest absolute Gasteiger partial charge is 0.390 e. The van der Waals surface area contributed by atoms with E-state index in [2.05, 4.69) is 29.8 Å². The number of rotatable bonds is 5. The van der Waals surface area contributed by atoms with Gasteiger partial charge in [0.2, 0.25) is 0 Å². The van der Waals surface area contributed by atoms with Crippen molar-refractivity contribution < 1.29 is 5.11 Å². The van der Waals surface area contributed by atoms with Crippen LogP contribution >= 0.6 is 22.7 Å².